The lowest BCUT2D eigenvalue weighted by Gasteiger charge is -2.26. The van der Waals surface area contributed by atoms with Gasteiger partial charge in [0.1, 0.15) is 0 Å². The van der Waals surface area contributed by atoms with Crippen LogP contribution in [0.4, 0.5) is 0 Å². The summed E-state index contributed by atoms with van der Waals surface area (Å²) < 4.78 is 0. The van der Waals surface area contributed by atoms with Crippen LogP contribution in [0.5, 0.6) is 0 Å². The number of hydrogen-bond donors (Lipinski definition) is 2. The highest BCUT2D eigenvalue weighted by Gasteiger charge is 2.19. The van der Waals surface area contributed by atoms with Gasteiger partial charge in [0.05, 0.1) is 11.8 Å². The van der Waals surface area contributed by atoms with Crippen molar-refractivity contribution in [2.75, 3.05) is 26.7 Å². The zero-order valence-corrected chi connectivity index (χ0v) is 14.9. The van der Waals surface area contributed by atoms with Crippen molar-refractivity contribution in [3.63, 3.8) is 0 Å². The summed E-state index contributed by atoms with van der Waals surface area (Å²) in [5.74, 6) is 0.735. The van der Waals surface area contributed by atoms with Crippen LogP contribution in [0.2, 0.25) is 5.02 Å². The van der Waals surface area contributed by atoms with Crippen molar-refractivity contribution < 1.29 is 0 Å². The standard InChI is InChI=1S/C19H28ClN3/c1-3-4-5-18(21-2)19(16-6-8-17(20)9-7-16)23-14-15-10-12-22-13-11-15/h4-9,15,19,22-23H,3,10-14H2,1-2H3/b5-4-,21-18?. The molecular formula is C19H28ClN3. The predicted molar refractivity (Wildman–Crippen MR) is 101 cm³/mol. The first-order valence-electron chi connectivity index (χ1n) is 8.57. The van der Waals surface area contributed by atoms with Crippen molar-refractivity contribution in [2.45, 2.75) is 32.2 Å². The average molecular weight is 334 g/mol. The number of rotatable bonds is 7. The SMILES string of the molecule is CC/C=C\C(=NC)C(NCC1CCNCC1)c1ccc(Cl)cc1. The van der Waals surface area contributed by atoms with Gasteiger partial charge >= 0.3 is 0 Å². The molecule has 2 N–H and O–H groups in total. The minimum absolute atomic E-state index is 0.120. The molecule has 126 valence electrons. The first-order valence-corrected chi connectivity index (χ1v) is 8.95. The molecule has 1 heterocycles. The van der Waals surface area contributed by atoms with Crippen molar-refractivity contribution in [3.8, 4) is 0 Å². The van der Waals surface area contributed by atoms with Crippen LogP contribution in [0.15, 0.2) is 41.4 Å². The fourth-order valence-corrected chi connectivity index (χ4v) is 3.08. The van der Waals surface area contributed by atoms with E-state index in [1.165, 1.54) is 18.4 Å². The quantitative estimate of drug-likeness (QED) is 0.740. The smallest absolute Gasteiger partial charge is 0.0746 e. The van der Waals surface area contributed by atoms with E-state index in [1.807, 2.05) is 19.2 Å². The number of hydrogen-bond acceptors (Lipinski definition) is 3. The van der Waals surface area contributed by atoms with Crippen LogP contribution in [-0.2, 0) is 0 Å². The van der Waals surface area contributed by atoms with E-state index in [9.17, 15) is 0 Å². The number of benzene rings is 1. The fraction of sp³-hybridized carbons (Fsp3) is 0.526. The van der Waals surface area contributed by atoms with Crippen LogP contribution >= 0.6 is 11.6 Å². The topological polar surface area (TPSA) is 36.4 Å². The Labute approximate surface area is 145 Å². The summed E-state index contributed by atoms with van der Waals surface area (Å²) in [4.78, 5) is 4.51. The van der Waals surface area contributed by atoms with Gasteiger partial charge in [-0.3, -0.25) is 4.99 Å². The molecular weight excluding hydrogens is 306 g/mol. The summed E-state index contributed by atoms with van der Waals surface area (Å²) in [6.07, 6.45) is 7.79. The fourth-order valence-electron chi connectivity index (χ4n) is 2.96. The Morgan fingerprint density at radius 1 is 1.35 bits per heavy atom. The highest BCUT2D eigenvalue weighted by Crippen LogP contribution is 2.20. The van der Waals surface area contributed by atoms with Gasteiger partial charge in [0.15, 0.2) is 0 Å². The first kappa shape index (κ1) is 18.2. The Bertz CT molecular complexity index is 516. The molecule has 3 nitrogen and oxygen atoms in total. The molecule has 0 bridgehead atoms. The normalized spacial score (nSPS) is 18.5. The number of halogens is 1. The molecule has 0 amide bonds. The van der Waals surface area contributed by atoms with E-state index in [-0.39, 0.29) is 6.04 Å². The summed E-state index contributed by atoms with van der Waals surface area (Å²) in [5, 5.41) is 7.93. The Balaban J connectivity index is 2.12. The van der Waals surface area contributed by atoms with Crippen molar-refractivity contribution in [3.05, 3.63) is 47.0 Å². The van der Waals surface area contributed by atoms with E-state index >= 15 is 0 Å². The minimum Gasteiger partial charge on any atom is -0.317 e. The third-order valence-corrected chi connectivity index (χ3v) is 4.60. The number of piperidine rings is 1. The average Bonchev–Trinajstić information content (AvgIpc) is 2.60. The van der Waals surface area contributed by atoms with Crippen LogP contribution in [0, 0.1) is 5.92 Å². The molecule has 0 aromatic heterocycles. The van der Waals surface area contributed by atoms with Gasteiger partial charge in [-0.05, 0) is 68.6 Å². The lowest BCUT2D eigenvalue weighted by atomic mass is 9.96. The third kappa shape index (κ3) is 5.76. The highest BCUT2D eigenvalue weighted by atomic mass is 35.5. The monoisotopic (exact) mass is 333 g/mol. The molecule has 1 atom stereocenters. The number of nitrogens with zero attached hydrogens (tertiary/aromatic N) is 1. The van der Waals surface area contributed by atoms with Crippen molar-refractivity contribution in [2.24, 2.45) is 10.9 Å². The Morgan fingerprint density at radius 2 is 2.04 bits per heavy atom. The van der Waals surface area contributed by atoms with Crippen LogP contribution < -0.4 is 10.6 Å². The molecule has 1 unspecified atom stereocenters. The summed E-state index contributed by atoms with van der Waals surface area (Å²) >= 11 is 6.04. The maximum Gasteiger partial charge on any atom is 0.0746 e. The van der Waals surface area contributed by atoms with Gasteiger partial charge in [-0.15, -0.1) is 0 Å². The molecule has 23 heavy (non-hydrogen) atoms. The molecule has 1 fully saturated rings. The Morgan fingerprint density at radius 3 is 2.65 bits per heavy atom. The van der Waals surface area contributed by atoms with Gasteiger partial charge in [-0.2, -0.15) is 0 Å². The van der Waals surface area contributed by atoms with Crippen LogP contribution in [-0.4, -0.2) is 32.4 Å². The van der Waals surface area contributed by atoms with Gasteiger partial charge in [-0.25, -0.2) is 0 Å². The molecule has 1 aliphatic rings. The molecule has 2 rings (SSSR count). The van der Waals surface area contributed by atoms with E-state index in [1.54, 1.807) is 0 Å². The van der Waals surface area contributed by atoms with E-state index < -0.39 is 0 Å². The maximum absolute atomic E-state index is 6.04. The Hall–Kier alpha value is -1.16. The van der Waals surface area contributed by atoms with E-state index in [4.69, 9.17) is 11.6 Å². The molecule has 0 spiro atoms. The van der Waals surface area contributed by atoms with Crippen molar-refractivity contribution >= 4 is 17.3 Å². The number of nitrogens with one attached hydrogen (secondary N) is 2. The van der Waals surface area contributed by atoms with Crippen LogP contribution in [0.25, 0.3) is 0 Å². The van der Waals surface area contributed by atoms with Gasteiger partial charge in [-0.1, -0.05) is 36.7 Å². The van der Waals surface area contributed by atoms with Gasteiger partial charge in [0, 0.05) is 12.1 Å². The lowest BCUT2D eigenvalue weighted by molar-refractivity contribution is 0.352. The molecule has 4 heteroatoms. The van der Waals surface area contributed by atoms with Gasteiger partial charge in [0.2, 0.25) is 0 Å². The molecule has 1 aromatic rings. The molecule has 0 radical (unpaired) electrons. The number of aliphatic imine (C=N–C) groups is 1. The van der Waals surface area contributed by atoms with Crippen LogP contribution in [0.1, 0.15) is 37.8 Å². The zero-order chi connectivity index (χ0) is 16.5. The van der Waals surface area contributed by atoms with Gasteiger partial charge in [0.25, 0.3) is 0 Å². The second-order valence-electron chi connectivity index (χ2n) is 6.05. The van der Waals surface area contributed by atoms with E-state index in [0.29, 0.717) is 0 Å². The summed E-state index contributed by atoms with van der Waals surface area (Å²) in [5.41, 5.74) is 2.28. The van der Waals surface area contributed by atoms with E-state index in [0.717, 1.165) is 42.7 Å². The molecule has 0 aliphatic carbocycles. The number of allylic oxidation sites excluding steroid dienone is 1. The first-order chi connectivity index (χ1) is 11.2. The van der Waals surface area contributed by atoms with Crippen molar-refractivity contribution in [1.29, 1.82) is 0 Å². The third-order valence-electron chi connectivity index (χ3n) is 4.35. The van der Waals surface area contributed by atoms with Crippen molar-refractivity contribution in [1.82, 2.24) is 10.6 Å². The highest BCUT2D eigenvalue weighted by molar-refractivity contribution is 6.30. The van der Waals surface area contributed by atoms with E-state index in [2.05, 4.69) is 46.8 Å². The second kappa shape index (κ2) is 9.86. The van der Waals surface area contributed by atoms with Crippen LogP contribution in [0.3, 0.4) is 0 Å². The lowest BCUT2D eigenvalue weighted by Crippen LogP contribution is -2.37. The summed E-state index contributed by atoms with van der Waals surface area (Å²) in [6.45, 7) is 5.42. The zero-order valence-electron chi connectivity index (χ0n) is 14.2. The maximum atomic E-state index is 6.04. The predicted octanol–water partition coefficient (Wildman–Crippen LogP) is 4.01. The molecule has 1 aliphatic heterocycles. The Kier molecular flexibility index (Phi) is 7.80. The largest absolute Gasteiger partial charge is 0.317 e. The van der Waals surface area contributed by atoms with Gasteiger partial charge < -0.3 is 10.6 Å². The molecule has 1 aromatic carbocycles. The molecule has 0 saturated carbocycles. The summed E-state index contributed by atoms with van der Waals surface area (Å²) in [6, 6.07) is 8.20. The molecule has 1 saturated heterocycles. The second-order valence-corrected chi connectivity index (χ2v) is 6.48. The summed E-state index contributed by atoms with van der Waals surface area (Å²) in [7, 11) is 1.87. The minimum atomic E-state index is 0.120.